The van der Waals surface area contributed by atoms with Crippen LogP contribution >= 0.6 is 0 Å². The molecule has 0 bridgehead atoms. The molecule has 8 heteroatoms. The smallest absolute Gasteiger partial charge is 0.353 e. The lowest BCUT2D eigenvalue weighted by Crippen LogP contribution is -2.60. The molecule has 0 atom stereocenters. The van der Waals surface area contributed by atoms with Gasteiger partial charge in [-0.25, -0.2) is 9.97 Å². The summed E-state index contributed by atoms with van der Waals surface area (Å²) < 4.78 is 0. The van der Waals surface area contributed by atoms with E-state index in [9.17, 15) is 10.1 Å². The Morgan fingerprint density at radius 3 is 2.40 bits per heavy atom. The predicted molar refractivity (Wildman–Crippen MR) is 100 cm³/mol. The molecule has 0 spiro atoms. The minimum Gasteiger partial charge on any atom is -0.364 e. The largest absolute Gasteiger partial charge is 0.364 e. The monoisotopic (exact) mass is 350 g/mol. The second-order valence-corrected chi connectivity index (χ2v) is 8.10. The second kappa shape index (κ2) is 7.51. The third kappa shape index (κ3) is 5.26. The van der Waals surface area contributed by atoms with Crippen LogP contribution < -0.4 is 16.0 Å². The summed E-state index contributed by atoms with van der Waals surface area (Å²) in [7, 11) is 0. The molecule has 8 nitrogen and oxygen atoms in total. The molecule has 0 amide bonds. The number of piperidine rings is 1. The summed E-state index contributed by atoms with van der Waals surface area (Å²) in [5.41, 5.74) is -0.180. The van der Waals surface area contributed by atoms with Crippen LogP contribution in [0.15, 0.2) is 6.33 Å². The number of hydrogen-bond donors (Lipinski definition) is 3. The molecule has 1 aromatic heterocycles. The first-order chi connectivity index (χ1) is 11.6. The lowest BCUT2D eigenvalue weighted by Gasteiger charge is -2.46. The highest BCUT2D eigenvalue weighted by Crippen LogP contribution is 2.34. The summed E-state index contributed by atoms with van der Waals surface area (Å²) >= 11 is 0. The van der Waals surface area contributed by atoms with E-state index in [1.54, 1.807) is 0 Å². The fourth-order valence-electron chi connectivity index (χ4n) is 3.79. The first-order valence-electron chi connectivity index (χ1n) is 8.93. The highest BCUT2D eigenvalue weighted by atomic mass is 16.6. The van der Waals surface area contributed by atoms with Crippen molar-refractivity contribution in [2.75, 3.05) is 17.2 Å². The van der Waals surface area contributed by atoms with Crippen molar-refractivity contribution < 1.29 is 4.92 Å². The van der Waals surface area contributed by atoms with E-state index in [1.165, 1.54) is 6.33 Å². The van der Waals surface area contributed by atoms with E-state index in [0.29, 0.717) is 6.54 Å². The molecule has 1 aromatic rings. The van der Waals surface area contributed by atoms with Gasteiger partial charge in [-0.1, -0.05) is 13.3 Å². The van der Waals surface area contributed by atoms with Crippen LogP contribution in [0, 0.1) is 10.1 Å². The van der Waals surface area contributed by atoms with Gasteiger partial charge in [0.1, 0.15) is 6.33 Å². The Balaban J connectivity index is 2.23. The number of rotatable bonds is 7. The number of unbranched alkanes of at least 4 members (excludes halogenated alkanes) is 1. The maximum atomic E-state index is 11.6. The van der Waals surface area contributed by atoms with Crippen LogP contribution in [0.1, 0.15) is 60.3 Å². The van der Waals surface area contributed by atoms with Gasteiger partial charge >= 0.3 is 5.69 Å². The number of nitro groups is 1. The maximum absolute atomic E-state index is 11.6. The molecule has 1 fully saturated rings. The van der Waals surface area contributed by atoms with Crippen molar-refractivity contribution >= 4 is 17.3 Å². The van der Waals surface area contributed by atoms with Gasteiger partial charge in [-0.3, -0.25) is 10.1 Å². The highest BCUT2D eigenvalue weighted by molar-refractivity contribution is 5.69. The summed E-state index contributed by atoms with van der Waals surface area (Å²) in [6.07, 6.45) is 5.03. The van der Waals surface area contributed by atoms with Crippen molar-refractivity contribution in [2.24, 2.45) is 0 Å². The van der Waals surface area contributed by atoms with Gasteiger partial charge in [0.15, 0.2) is 0 Å². The van der Waals surface area contributed by atoms with Crippen LogP contribution in [-0.4, -0.2) is 38.6 Å². The minimum absolute atomic E-state index is 0.0522. The van der Waals surface area contributed by atoms with Gasteiger partial charge in [-0.2, -0.15) is 0 Å². The first kappa shape index (κ1) is 19.4. The van der Waals surface area contributed by atoms with Crippen molar-refractivity contribution in [3.05, 3.63) is 16.4 Å². The molecule has 25 heavy (non-hydrogen) atoms. The van der Waals surface area contributed by atoms with Crippen LogP contribution in [0.3, 0.4) is 0 Å². The quantitative estimate of drug-likeness (QED) is 0.393. The second-order valence-electron chi connectivity index (χ2n) is 8.10. The standard InChI is InChI=1S/C17H30N6O2/c1-6-7-8-18-14-13(23(24)25)15(20-11-19-14)21-12-9-16(2,3)22-17(4,5)10-12/h11-12,22H,6-10H2,1-5H3,(H2,18,19,20,21). The van der Waals surface area contributed by atoms with E-state index in [-0.39, 0.29) is 34.4 Å². The van der Waals surface area contributed by atoms with Gasteiger partial charge in [-0.15, -0.1) is 0 Å². The third-order valence-electron chi connectivity index (χ3n) is 4.36. The van der Waals surface area contributed by atoms with E-state index < -0.39 is 4.92 Å². The van der Waals surface area contributed by atoms with Crippen LogP contribution in [0.2, 0.25) is 0 Å². The average molecular weight is 350 g/mol. The van der Waals surface area contributed by atoms with Gasteiger partial charge in [0, 0.05) is 23.7 Å². The summed E-state index contributed by atoms with van der Waals surface area (Å²) in [6, 6.07) is 0.100. The molecule has 1 aliphatic rings. The van der Waals surface area contributed by atoms with Gasteiger partial charge in [-0.05, 0) is 47.0 Å². The van der Waals surface area contributed by atoms with Gasteiger partial charge in [0.25, 0.3) is 0 Å². The van der Waals surface area contributed by atoms with Crippen molar-refractivity contribution in [1.29, 1.82) is 0 Å². The summed E-state index contributed by atoms with van der Waals surface area (Å²) in [6.45, 7) is 11.3. The Morgan fingerprint density at radius 1 is 1.24 bits per heavy atom. The van der Waals surface area contributed by atoms with Gasteiger partial charge in [0.2, 0.25) is 11.6 Å². The summed E-state index contributed by atoms with van der Waals surface area (Å²) in [5.74, 6) is 0.570. The van der Waals surface area contributed by atoms with Gasteiger partial charge in [0.05, 0.1) is 4.92 Å². The van der Waals surface area contributed by atoms with Gasteiger partial charge < -0.3 is 16.0 Å². The zero-order valence-electron chi connectivity index (χ0n) is 15.8. The Morgan fingerprint density at radius 2 is 1.84 bits per heavy atom. The number of hydrogen-bond acceptors (Lipinski definition) is 7. The minimum atomic E-state index is -0.409. The number of anilines is 2. The highest BCUT2D eigenvalue weighted by Gasteiger charge is 2.38. The number of aromatic nitrogens is 2. The van der Waals surface area contributed by atoms with Crippen LogP contribution in [0.4, 0.5) is 17.3 Å². The van der Waals surface area contributed by atoms with Crippen molar-refractivity contribution in [2.45, 2.75) is 77.4 Å². The lowest BCUT2D eigenvalue weighted by atomic mass is 9.79. The summed E-state index contributed by atoms with van der Waals surface area (Å²) in [4.78, 5) is 19.4. The molecular weight excluding hydrogens is 320 g/mol. The molecule has 2 rings (SSSR count). The predicted octanol–water partition coefficient (Wildman–Crippen LogP) is 3.32. The molecule has 1 aliphatic heterocycles. The first-order valence-corrected chi connectivity index (χ1v) is 8.93. The molecule has 140 valence electrons. The molecule has 3 N–H and O–H groups in total. The zero-order chi connectivity index (χ0) is 18.7. The fourth-order valence-corrected chi connectivity index (χ4v) is 3.79. The van der Waals surface area contributed by atoms with Crippen LogP contribution in [-0.2, 0) is 0 Å². The molecule has 0 radical (unpaired) electrons. The van der Waals surface area contributed by atoms with E-state index in [1.807, 2.05) is 0 Å². The van der Waals surface area contributed by atoms with E-state index in [2.05, 4.69) is 60.5 Å². The maximum Gasteiger partial charge on any atom is 0.353 e. The Bertz CT molecular complexity index is 601. The Labute approximate surface area is 149 Å². The van der Waals surface area contributed by atoms with Crippen LogP contribution in [0.25, 0.3) is 0 Å². The normalized spacial score (nSPS) is 19.4. The fraction of sp³-hybridized carbons (Fsp3) is 0.765. The molecular formula is C17H30N6O2. The van der Waals surface area contributed by atoms with Crippen LogP contribution in [0.5, 0.6) is 0 Å². The lowest BCUT2D eigenvalue weighted by molar-refractivity contribution is -0.383. The molecule has 0 unspecified atom stereocenters. The molecule has 0 aromatic carbocycles. The Hall–Kier alpha value is -1.96. The third-order valence-corrected chi connectivity index (χ3v) is 4.36. The number of nitrogens with one attached hydrogen (secondary N) is 3. The molecule has 0 aliphatic carbocycles. The molecule has 0 saturated carbocycles. The Kier molecular flexibility index (Phi) is 5.82. The van der Waals surface area contributed by atoms with Crippen molar-refractivity contribution in [3.63, 3.8) is 0 Å². The molecule has 1 saturated heterocycles. The topological polar surface area (TPSA) is 105 Å². The molecule has 2 heterocycles. The SMILES string of the molecule is CCCCNc1ncnc(NC2CC(C)(C)NC(C)(C)C2)c1[N+](=O)[O-]. The van der Waals surface area contributed by atoms with Crippen molar-refractivity contribution in [1.82, 2.24) is 15.3 Å². The van der Waals surface area contributed by atoms with Crippen molar-refractivity contribution in [3.8, 4) is 0 Å². The van der Waals surface area contributed by atoms with E-state index in [4.69, 9.17) is 0 Å². The summed E-state index contributed by atoms with van der Waals surface area (Å²) in [5, 5.41) is 21.6. The number of nitrogens with zero attached hydrogens (tertiary/aromatic N) is 3. The van der Waals surface area contributed by atoms with E-state index in [0.717, 1.165) is 25.7 Å². The average Bonchev–Trinajstić information content (AvgIpc) is 2.43. The van der Waals surface area contributed by atoms with E-state index >= 15 is 0 Å². The zero-order valence-corrected chi connectivity index (χ0v) is 15.8.